The summed E-state index contributed by atoms with van der Waals surface area (Å²) in [7, 11) is -3.94. The van der Waals surface area contributed by atoms with Crippen LogP contribution in [0.25, 0.3) is 0 Å². The van der Waals surface area contributed by atoms with Crippen LogP contribution in [0, 0.1) is 12.3 Å². The normalized spacial score (nSPS) is 10.8. The molecule has 0 saturated carbocycles. The fourth-order valence-corrected chi connectivity index (χ4v) is 2.54. The van der Waals surface area contributed by atoms with Crippen LogP contribution in [0.15, 0.2) is 23.1 Å². The molecule has 1 rings (SSSR count). The van der Waals surface area contributed by atoms with Gasteiger partial charge in [-0.05, 0) is 18.2 Å². The second-order valence-electron chi connectivity index (χ2n) is 3.41. The zero-order valence-electron chi connectivity index (χ0n) is 9.38. The number of anilines is 1. The van der Waals surface area contributed by atoms with Gasteiger partial charge in [0, 0.05) is 18.7 Å². The second-order valence-corrected chi connectivity index (χ2v) is 5.15. The van der Waals surface area contributed by atoms with Gasteiger partial charge in [0.05, 0.1) is 10.5 Å². The minimum Gasteiger partial charge on any atom is -0.478 e. The molecule has 0 atom stereocenters. The number of aromatic carboxylic acids is 1. The third-order valence-electron chi connectivity index (χ3n) is 2.09. The van der Waals surface area contributed by atoms with Crippen molar-refractivity contribution in [2.45, 2.75) is 11.3 Å². The molecule has 0 heterocycles. The van der Waals surface area contributed by atoms with Crippen molar-refractivity contribution < 1.29 is 18.3 Å². The summed E-state index contributed by atoms with van der Waals surface area (Å²) in [6, 6.07) is 3.57. The summed E-state index contributed by atoms with van der Waals surface area (Å²) in [4.78, 5) is 10.6. The molecule has 0 unspecified atom stereocenters. The molecular weight excluding hydrogens is 256 g/mol. The van der Waals surface area contributed by atoms with Crippen molar-refractivity contribution >= 4 is 21.7 Å². The lowest BCUT2D eigenvalue weighted by Gasteiger charge is -2.09. The van der Waals surface area contributed by atoms with Crippen LogP contribution in [0.1, 0.15) is 16.8 Å². The molecule has 0 aliphatic heterocycles. The van der Waals surface area contributed by atoms with Gasteiger partial charge in [0.2, 0.25) is 10.0 Å². The molecule has 0 radical (unpaired) electrons. The van der Waals surface area contributed by atoms with Crippen LogP contribution in [-0.4, -0.2) is 26.0 Å². The van der Waals surface area contributed by atoms with E-state index >= 15 is 0 Å². The van der Waals surface area contributed by atoms with E-state index in [1.165, 1.54) is 6.07 Å². The number of nitrogens with one attached hydrogen (secondary N) is 1. The first kappa shape index (κ1) is 14.0. The Morgan fingerprint density at radius 2 is 2.17 bits per heavy atom. The van der Waals surface area contributed by atoms with E-state index in [1.54, 1.807) is 0 Å². The maximum Gasteiger partial charge on any atom is 0.337 e. The van der Waals surface area contributed by atoms with Gasteiger partial charge >= 0.3 is 5.97 Å². The third-order valence-corrected chi connectivity index (χ3v) is 3.59. The molecule has 0 spiro atoms. The highest BCUT2D eigenvalue weighted by Gasteiger charge is 2.21. The molecule has 7 heteroatoms. The number of hydrogen-bond acceptors (Lipinski definition) is 4. The van der Waals surface area contributed by atoms with Crippen molar-refractivity contribution in [2.75, 3.05) is 12.3 Å². The maximum atomic E-state index is 11.9. The molecule has 0 fully saturated rings. The Kier molecular flexibility index (Phi) is 4.31. The number of benzene rings is 1. The Hall–Kier alpha value is -2.04. The van der Waals surface area contributed by atoms with E-state index in [-0.39, 0.29) is 29.1 Å². The lowest BCUT2D eigenvalue weighted by atomic mass is 10.2. The van der Waals surface area contributed by atoms with Crippen LogP contribution in [0.5, 0.6) is 0 Å². The zero-order valence-corrected chi connectivity index (χ0v) is 10.2. The topological polar surface area (TPSA) is 109 Å². The fraction of sp³-hybridized carbons (Fsp3) is 0.182. The van der Waals surface area contributed by atoms with Gasteiger partial charge in [-0.1, -0.05) is 0 Å². The Balaban J connectivity index is 3.19. The van der Waals surface area contributed by atoms with E-state index in [1.807, 2.05) is 0 Å². The van der Waals surface area contributed by atoms with Crippen molar-refractivity contribution in [3.63, 3.8) is 0 Å². The maximum absolute atomic E-state index is 11.9. The number of hydrogen-bond donors (Lipinski definition) is 3. The minimum atomic E-state index is -3.94. The molecule has 1 aromatic rings. The smallest absolute Gasteiger partial charge is 0.337 e. The summed E-state index contributed by atoms with van der Waals surface area (Å²) in [5.41, 5.74) is 5.29. The molecule has 0 bridgehead atoms. The average molecular weight is 268 g/mol. The highest BCUT2D eigenvalue weighted by Crippen LogP contribution is 2.19. The van der Waals surface area contributed by atoms with Crippen LogP contribution in [-0.2, 0) is 10.0 Å². The first-order valence-corrected chi connectivity index (χ1v) is 6.42. The van der Waals surface area contributed by atoms with Crippen molar-refractivity contribution in [1.29, 1.82) is 0 Å². The van der Waals surface area contributed by atoms with Gasteiger partial charge < -0.3 is 10.8 Å². The number of sulfonamides is 1. The minimum absolute atomic E-state index is 0.0344. The number of terminal acetylenes is 1. The largest absolute Gasteiger partial charge is 0.478 e. The summed E-state index contributed by atoms with van der Waals surface area (Å²) in [5, 5.41) is 8.93. The van der Waals surface area contributed by atoms with E-state index in [2.05, 4.69) is 10.6 Å². The molecule has 18 heavy (non-hydrogen) atoms. The van der Waals surface area contributed by atoms with Gasteiger partial charge in [-0.25, -0.2) is 17.9 Å². The molecule has 96 valence electrons. The molecule has 0 aromatic heterocycles. The van der Waals surface area contributed by atoms with Gasteiger partial charge in [0.25, 0.3) is 0 Å². The number of rotatable bonds is 5. The van der Waals surface area contributed by atoms with Crippen molar-refractivity contribution in [3.8, 4) is 12.3 Å². The van der Waals surface area contributed by atoms with Gasteiger partial charge in [0.15, 0.2) is 0 Å². The summed E-state index contributed by atoms with van der Waals surface area (Å²) >= 11 is 0. The predicted octanol–water partition coefficient (Wildman–Crippen LogP) is 0.269. The number of nitrogens with two attached hydrogens (primary N) is 1. The lowest BCUT2D eigenvalue weighted by Crippen LogP contribution is -2.26. The van der Waals surface area contributed by atoms with Crippen molar-refractivity contribution in [3.05, 3.63) is 23.8 Å². The summed E-state index contributed by atoms with van der Waals surface area (Å²) < 4.78 is 26.0. The number of carboxylic acid groups (broad SMARTS) is 1. The van der Waals surface area contributed by atoms with Crippen LogP contribution < -0.4 is 10.5 Å². The van der Waals surface area contributed by atoms with Gasteiger partial charge in [0.1, 0.15) is 0 Å². The Morgan fingerprint density at radius 1 is 1.50 bits per heavy atom. The van der Waals surface area contributed by atoms with Crippen LogP contribution in [0.2, 0.25) is 0 Å². The summed E-state index contributed by atoms with van der Waals surface area (Å²) in [5.74, 6) is 0.932. The predicted molar refractivity (Wildman–Crippen MR) is 66.5 cm³/mol. The molecule has 0 aliphatic carbocycles. The first-order chi connectivity index (χ1) is 8.38. The van der Waals surface area contributed by atoms with Crippen LogP contribution in [0.3, 0.4) is 0 Å². The van der Waals surface area contributed by atoms with Gasteiger partial charge in [-0.2, -0.15) is 0 Å². The van der Waals surface area contributed by atoms with E-state index in [4.69, 9.17) is 17.3 Å². The number of carboxylic acids is 1. The summed E-state index contributed by atoms with van der Waals surface area (Å²) in [6.07, 6.45) is 5.21. The molecule has 0 amide bonds. The van der Waals surface area contributed by atoms with Crippen molar-refractivity contribution in [2.24, 2.45) is 0 Å². The molecule has 0 saturated heterocycles. The molecule has 1 aromatic carbocycles. The highest BCUT2D eigenvalue weighted by atomic mass is 32.2. The SMILES string of the molecule is C#CCCNS(=O)(=O)c1cc(N)ccc1C(=O)O. The Labute approximate surface area is 105 Å². The number of nitrogen functional groups attached to an aromatic ring is 1. The van der Waals surface area contributed by atoms with Gasteiger partial charge in [-0.3, -0.25) is 0 Å². The number of carbonyl (C=O) groups is 1. The van der Waals surface area contributed by atoms with E-state index in [9.17, 15) is 13.2 Å². The second kappa shape index (κ2) is 5.53. The van der Waals surface area contributed by atoms with E-state index < -0.39 is 16.0 Å². The molecule has 6 nitrogen and oxygen atoms in total. The van der Waals surface area contributed by atoms with E-state index in [0.717, 1.165) is 12.1 Å². The fourth-order valence-electron chi connectivity index (χ4n) is 1.27. The quantitative estimate of drug-likeness (QED) is 0.403. The molecule has 4 N–H and O–H groups in total. The average Bonchev–Trinajstić information content (AvgIpc) is 2.28. The molecule has 0 aliphatic rings. The summed E-state index contributed by atoms with van der Waals surface area (Å²) in [6.45, 7) is 0.0344. The van der Waals surface area contributed by atoms with Crippen LogP contribution >= 0.6 is 0 Å². The monoisotopic (exact) mass is 268 g/mol. The van der Waals surface area contributed by atoms with E-state index in [0.29, 0.717) is 0 Å². The lowest BCUT2D eigenvalue weighted by molar-refractivity contribution is 0.0692. The first-order valence-electron chi connectivity index (χ1n) is 4.94. The standard InChI is InChI=1S/C11H12N2O4S/c1-2-3-6-13-18(16,17)10-7-8(12)4-5-9(10)11(14)15/h1,4-5,7,13H,3,6,12H2,(H,14,15). The van der Waals surface area contributed by atoms with Gasteiger partial charge in [-0.15, -0.1) is 12.3 Å². The van der Waals surface area contributed by atoms with Crippen molar-refractivity contribution in [1.82, 2.24) is 4.72 Å². The molecular formula is C11H12N2O4S. The zero-order chi connectivity index (χ0) is 13.8. The Morgan fingerprint density at radius 3 is 2.72 bits per heavy atom. The third kappa shape index (κ3) is 3.23. The van der Waals surface area contributed by atoms with Crippen LogP contribution in [0.4, 0.5) is 5.69 Å². The Bertz CT molecular complexity index is 602. The highest BCUT2D eigenvalue weighted by molar-refractivity contribution is 7.89.